The van der Waals surface area contributed by atoms with Gasteiger partial charge in [-0.1, -0.05) is 30.3 Å². The number of hydrogen-bond donors (Lipinski definition) is 1. The zero-order chi connectivity index (χ0) is 30.4. The highest BCUT2D eigenvalue weighted by molar-refractivity contribution is 5.97. The number of carbonyl (C=O) groups excluding carboxylic acids is 2. The summed E-state index contributed by atoms with van der Waals surface area (Å²) in [5, 5.41) is 0. The minimum absolute atomic E-state index is 0.0332. The number of aromatic amines is 1. The Balaban J connectivity index is 0.884. The molecule has 2 fully saturated rings. The first kappa shape index (κ1) is 27.5. The second kappa shape index (κ2) is 11.1. The Morgan fingerprint density at radius 2 is 1.51 bits per heavy atom. The molecule has 0 atom stereocenters. The minimum Gasteiger partial charge on any atom is -0.339 e. The van der Waals surface area contributed by atoms with Gasteiger partial charge in [0.15, 0.2) is 5.82 Å². The molecule has 5 aromatic rings. The van der Waals surface area contributed by atoms with Crippen molar-refractivity contribution < 1.29 is 9.59 Å². The molecule has 4 aromatic heterocycles. The van der Waals surface area contributed by atoms with Crippen molar-refractivity contribution in [3.8, 4) is 11.5 Å². The normalized spacial score (nSPS) is 18.3. The van der Waals surface area contributed by atoms with E-state index < -0.39 is 0 Å². The maximum absolute atomic E-state index is 13.6. The fourth-order valence-electron chi connectivity index (χ4n) is 7.12. The number of pyridine rings is 2. The lowest BCUT2D eigenvalue weighted by Gasteiger charge is -2.47. The third-order valence-electron chi connectivity index (χ3n) is 9.86. The molecule has 0 bridgehead atoms. The maximum Gasteiger partial charge on any atom is 0.272 e. The number of para-hydroxylation sites is 2. The molecular formula is C36H35N7O2. The summed E-state index contributed by atoms with van der Waals surface area (Å²) in [6.45, 7) is 2.94. The zero-order valence-corrected chi connectivity index (χ0v) is 25.2. The number of rotatable bonds is 4. The van der Waals surface area contributed by atoms with E-state index in [1.807, 2.05) is 87.3 Å². The first-order valence-corrected chi connectivity index (χ1v) is 15.9. The van der Waals surface area contributed by atoms with Crippen molar-refractivity contribution in [3.05, 3.63) is 102 Å². The summed E-state index contributed by atoms with van der Waals surface area (Å²) >= 11 is 0. The lowest BCUT2D eigenvalue weighted by Crippen LogP contribution is -2.49. The molecule has 6 heterocycles. The number of nitrogens with zero attached hydrogens (tertiary/aromatic N) is 6. The molecule has 1 spiro atoms. The molecule has 2 saturated heterocycles. The van der Waals surface area contributed by atoms with Crippen LogP contribution in [0.25, 0.3) is 33.8 Å². The summed E-state index contributed by atoms with van der Waals surface area (Å²) in [6.07, 6.45) is 13.7. The molecule has 0 saturated carbocycles. The van der Waals surface area contributed by atoms with Crippen LogP contribution in [0.15, 0.2) is 90.8 Å². The molecule has 226 valence electrons. The highest BCUT2D eigenvalue weighted by Gasteiger charge is 2.40. The van der Waals surface area contributed by atoms with Crippen molar-refractivity contribution >= 4 is 34.1 Å². The summed E-state index contributed by atoms with van der Waals surface area (Å²) in [7, 11) is 0. The van der Waals surface area contributed by atoms with Gasteiger partial charge in [0.1, 0.15) is 17.0 Å². The molecule has 0 radical (unpaired) electrons. The summed E-state index contributed by atoms with van der Waals surface area (Å²) < 4.78 is 2.01. The van der Waals surface area contributed by atoms with Gasteiger partial charge >= 0.3 is 0 Å². The van der Waals surface area contributed by atoms with Gasteiger partial charge in [0, 0.05) is 44.1 Å². The summed E-state index contributed by atoms with van der Waals surface area (Å²) in [5.74, 6) is 0.785. The Kier molecular flexibility index (Phi) is 6.81. The Hall–Kier alpha value is -5.05. The van der Waals surface area contributed by atoms with Crippen LogP contribution in [0, 0.1) is 5.41 Å². The number of aromatic nitrogens is 5. The number of hydrogen-bond acceptors (Lipinski definition) is 5. The van der Waals surface area contributed by atoms with E-state index >= 15 is 0 Å². The molecule has 1 aliphatic carbocycles. The minimum atomic E-state index is -0.0332. The van der Waals surface area contributed by atoms with Crippen molar-refractivity contribution in [2.75, 3.05) is 26.2 Å². The highest BCUT2D eigenvalue weighted by atomic mass is 16.2. The highest BCUT2D eigenvalue weighted by Crippen LogP contribution is 2.42. The molecule has 0 unspecified atom stereocenters. The number of allylic oxidation sites excluding steroid dienone is 3. The lowest BCUT2D eigenvalue weighted by molar-refractivity contribution is -0.130. The van der Waals surface area contributed by atoms with E-state index in [1.54, 1.807) is 6.07 Å². The fourth-order valence-corrected chi connectivity index (χ4v) is 7.12. The second-order valence-corrected chi connectivity index (χ2v) is 12.6. The Morgan fingerprint density at radius 3 is 2.29 bits per heavy atom. The third kappa shape index (κ3) is 5.22. The SMILES string of the molecule is O=C(C1=CC(c2cn3ccccc3n2)=CCC1)N1CCC2(CC1)CCN(C(=O)c1cccc(-c3nc4ccccc4[nH]3)n1)CC2. The summed E-state index contributed by atoms with van der Waals surface area (Å²) in [5.41, 5.74) is 6.82. The van der Waals surface area contributed by atoms with Crippen LogP contribution in [-0.4, -0.2) is 72.1 Å². The standard InChI is InChI=1S/C36H35N7O2/c44-34(26-8-5-7-25(23-26)31-24-43-18-4-3-13-32(43)38-31)41-19-14-36(15-20-41)16-21-42(22-17-36)35(45)30-12-6-11-29(37-30)33-39-27-9-1-2-10-28(27)40-33/h1-4,6-7,9-13,18,23-24H,5,8,14-17,19-22H2,(H,39,40). The van der Waals surface area contributed by atoms with Gasteiger partial charge in [-0.05, 0) is 92.0 Å². The van der Waals surface area contributed by atoms with E-state index in [-0.39, 0.29) is 17.2 Å². The number of benzene rings is 1. The molecule has 9 heteroatoms. The Labute approximate surface area is 261 Å². The van der Waals surface area contributed by atoms with Gasteiger partial charge in [-0.15, -0.1) is 0 Å². The van der Waals surface area contributed by atoms with E-state index in [0.29, 0.717) is 30.3 Å². The van der Waals surface area contributed by atoms with E-state index in [9.17, 15) is 9.59 Å². The number of amides is 2. The molecule has 2 amide bonds. The number of piperidine rings is 2. The zero-order valence-electron chi connectivity index (χ0n) is 25.2. The predicted molar refractivity (Wildman–Crippen MR) is 173 cm³/mol. The van der Waals surface area contributed by atoms with Crippen LogP contribution in [0.3, 0.4) is 0 Å². The molecule has 1 aromatic carbocycles. The van der Waals surface area contributed by atoms with Crippen LogP contribution in [0.1, 0.15) is 54.7 Å². The van der Waals surface area contributed by atoms with Crippen molar-refractivity contribution in [1.82, 2.24) is 34.1 Å². The number of fused-ring (bicyclic) bond motifs is 2. The summed E-state index contributed by atoms with van der Waals surface area (Å²) in [6, 6.07) is 19.4. The number of imidazole rings is 2. The molecule has 45 heavy (non-hydrogen) atoms. The average Bonchev–Trinajstić information content (AvgIpc) is 3.74. The van der Waals surface area contributed by atoms with Crippen molar-refractivity contribution in [2.24, 2.45) is 5.41 Å². The van der Waals surface area contributed by atoms with Crippen LogP contribution in [-0.2, 0) is 4.79 Å². The topological polar surface area (TPSA) is 99.5 Å². The lowest BCUT2D eigenvalue weighted by atomic mass is 9.71. The predicted octanol–water partition coefficient (Wildman–Crippen LogP) is 5.92. The number of nitrogens with one attached hydrogen (secondary N) is 1. The smallest absolute Gasteiger partial charge is 0.272 e. The Morgan fingerprint density at radius 1 is 0.756 bits per heavy atom. The van der Waals surface area contributed by atoms with E-state index in [4.69, 9.17) is 4.98 Å². The fraction of sp³-hybridized carbons (Fsp3) is 0.306. The number of likely N-dealkylation sites (tertiary alicyclic amines) is 2. The van der Waals surface area contributed by atoms with Gasteiger partial charge in [0.2, 0.25) is 5.91 Å². The molecule has 8 rings (SSSR count). The average molecular weight is 598 g/mol. The third-order valence-corrected chi connectivity index (χ3v) is 9.86. The molecule has 1 N–H and O–H groups in total. The van der Waals surface area contributed by atoms with Crippen LogP contribution in [0.2, 0.25) is 0 Å². The van der Waals surface area contributed by atoms with Gasteiger partial charge in [-0.3, -0.25) is 9.59 Å². The first-order valence-electron chi connectivity index (χ1n) is 15.9. The largest absolute Gasteiger partial charge is 0.339 e. The van der Waals surface area contributed by atoms with E-state index in [0.717, 1.165) is 85.1 Å². The van der Waals surface area contributed by atoms with Crippen molar-refractivity contribution in [3.63, 3.8) is 0 Å². The molecule has 9 nitrogen and oxygen atoms in total. The maximum atomic E-state index is 13.6. The quantitative estimate of drug-likeness (QED) is 0.277. The van der Waals surface area contributed by atoms with E-state index in [1.165, 1.54) is 0 Å². The van der Waals surface area contributed by atoms with Gasteiger partial charge in [0.25, 0.3) is 5.91 Å². The molecule has 3 aliphatic rings. The first-order chi connectivity index (χ1) is 22.0. The van der Waals surface area contributed by atoms with Crippen LogP contribution in [0.5, 0.6) is 0 Å². The second-order valence-electron chi connectivity index (χ2n) is 12.6. The van der Waals surface area contributed by atoms with Gasteiger partial charge in [-0.2, -0.15) is 0 Å². The Bertz CT molecular complexity index is 1920. The molecule has 2 aliphatic heterocycles. The number of H-pyrrole nitrogens is 1. The number of carbonyl (C=O) groups is 2. The van der Waals surface area contributed by atoms with Gasteiger partial charge in [-0.25, -0.2) is 15.0 Å². The van der Waals surface area contributed by atoms with Crippen molar-refractivity contribution in [2.45, 2.75) is 38.5 Å². The monoisotopic (exact) mass is 597 g/mol. The van der Waals surface area contributed by atoms with E-state index in [2.05, 4.69) is 21.0 Å². The van der Waals surface area contributed by atoms with Crippen LogP contribution in [0.4, 0.5) is 0 Å². The molecular weight excluding hydrogens is 562 g/mol. The summed E-state index contributed by atoms with van der Waals surface area (Å²) in [4.78, 5) is 48.4. The van der Waals surface area contributed by atoms with Crippen LogP contribution < -0.4 is 0 Å². The van der Waals surface area contributed by atoms with Gasteiger partial charge < -0.3 is 19.2 Å². The van der Waals surface area contributed by atoms with Crippen molar-refractivity contribution in [1.29, 1.82) is 0 Å². The van der Waals surface area contributed by atoms with Crippen LogP contribution >= 0.6 is 0 Å². The van der Waals surface area contributed by atoms with Gasteiger partial charge in [0.05, 0.1) is 16.7 Å².